The molecule has 35 heavy (non-hydrogen) atoms. The zero-order chi connectivity index (χ0) is 24.5. The molecule has 0 saturated carbocycles. The van der Waals surface area contributed by atoms with Crippen LogP contribution in [-0.4, -0.2) is 54.0 Å². The van der Waals surface area contributed by atoms with E-state index >= 15 is 0 Å². The number of aromatic amines is 1. The molecule has 1 aromatic heterocycles. The lowest BCUT2D eigenvalue weighted by Gasteiger charge is -2.50. The Kier molecular flexibility index (Phi) is 6.82. The van der Waals surface area contributed by atoms with Crippen molar-refractivity contribution < 1.29 is 14.3 Å². The van der Waals surface area contributed by atoms with Gasteiger partial charge in [0.25, 0.3) is 0 Å². The van der Waals surface area contributed by atoms with Crippen molar-refractivity contribution in [2.24, 2.45) is 0 Å². The molecule has 4 unspecified atom stereocenters. The van der Waals surface area contributed by atoms with E-state index in [1.807, 2.05) is 30.3 Å². The van der Waals surface area contributed by atoms with E-state index in [-0.39, 0.29) is 36.0 Å². The molecule has 5 rings (SSSR count). The number of nitrogens with zero attached hydrogens (tertiary/aromatic N) is 1. The van der Waals surface area contributed by atoms with Crippen LogP contribution in [0.25, 0.3) is 10.9 Å². The Morgan fingerprint density at radius 2 is 1.91 bits per heavy atom. The van der Waals surface area contributed by atoms with Crippen LogP contribution in [0, 0.1) is 0 Å². The lowest BCUT2D eigenvalue weighted by Crippen LogP contribution is -2.56. The first-order valence-corrected chi connectivity index (χ1v) is 12.5. The molecule has 3 heterocycles. The molecule has 1 saturated heterocycles. The minimum absolute atomic E-state index is 0.00579. The summed E-state index contributed by atoms with van der Waals surface area (Å²) in [4.78, 5) is 30.4. The molecule has 0 spiro atoms. The standard InChI is InChI=1S/C27H31ClN4O3/c1-16(33)29-10-11-30-19-13-23(17-6-5-7-18(28)12-17)32-24(14-19)26-21(15-25(32)27(34)35-2)20-8-3-4-9-22(20)31-26/h3-9,12,19,23-25,30-31H,10-11,13-15H2,1-2H3,(H,29,33). The molecule has 0 aliphatic carbocycles. The van der Waals surface area contributed by atoms with Crippen LogP contribution >= 0.6 is 11.6 Å². The van der Waals surface area contributed by atoms with Crippen molar-refractivity contribution in [3.8, 4) is 0 Å². The topological polar surface area (TPSA) is 86.5 Å². The molecule has 4 atom stereocenters. The number of benzene rings is 2. The second-order valence-corrected chi connectivity index (χ2v) is 9.88. The monoisotopic (exact) mass is 494 g/mol. The van der Waals surface area contributed by atoms with Crippen molar-refractivity contribution in [3.05, 3.63) is 70.4 Å². The maximum Gasteiger partial charge on any atom is 0.323 e. The highest BCUT2D eigenvalue weighted by atomic mass is 35.5. The number of carbonyl (C=O) groups excluding carboxylic acids is 2. The molecule has 0 radical (unpaired) electrons. The second-order valence-electron chi connectivity index (χ2n) is 9.45. The molecule has 2 aliphatic heterocycles. The fourth-order valence-electron chi connectivity index (χ4n) is 5.87. The van der Waals surface area contributed by atoms with Gasteiger partial charge < -0.3 is 20.4 Å². The van der Waals surface area contributed by atoms with E-state index in [4.69, 9.17) is 16.3 Å². The number of amides is 1. The van der Waals surface area contributed by atoms with Crippen molar-refractivity contribution in [2.45, 2.75) is 50.4 Å². The van der Waals surface area contributed by atoms with E-state index in [0.717, 1.165) is 29.3 Å². The van der Waals surface area contributed by atoms with Crippen LogP contribution in [0.4, 0.5) is 0 Å². The number of esters is 1. The number of hydrogen-bond acceptors (Lipinski definition) is 5. The number of para-hydroxylation sites is 1. The van der Waals surface area contributed by atoms with Gasteiger partial charge in [-0.15, -0.1) is 0 Å². The van der Waals surface area contributed by atoms with Gasteiger partial charge >= 0.3 is 5.97 Å². The molecule has 3 aromatic rings. The molecule has 2 aromatic carbocycles. The zero-order valence-corrected chi connectivity index (χ0v) is 20.8. The van der Waals surface area contributed by atoms with Gasteiger partial charge in [-0.05, 0) is 42.2 Å². The average molecular weight is 495 g/mol. The first kappa shape index (κ1) is 23.9. The maximum atomic E-state index is 13.1. The maximum absolute atomic E-state index is 13.1. The van der Waals surface area contributed by atoms with Crippen molar-refractivity contribution in [1.29, 1.82) is 0 Å². The minimum atomic E-state index is -0.388. The molecule has 8 heteroatoms. The number of methoxy groups -OCH3 is 1. The van der Waals surface area contributed by atoms with Crippen LogP contribution in [-0.2, 0) is 20.7 Å². The number of aromatic nitrogens is 1. The Morgan fingerprint density at radius 1 is 1.11 bits per heavy atom. The van der Waals surface area contributed by atoms with Crippen LogP contribution < -0.4 is 10.6 Å². The molecule has 7 nitrogen and oxygen atoms in total. The van der Waals surface area contributed by atoms with Crippen molar-refractivity contribution in [2.75, 3.05) is 20.2 Å². The van der Waals surface area contributed by atoms with Crippen LogP contribution in [0.3, 0.4) is 0 Å². The molecule has 0 bridgehead atoms. The minimum Gasteiger partial charge on any atom is -0.468 e. The van der Waals surface area contributed by atoms with Crippen molar-refractivity contribution >= 4 is 34.4 Å². The van der Waals surface area contributed by atoms with Crippen LogP contribution in [0.1, 0.15) is 48.7 Å². The highest BCUT2D eigenvalue weighted by molar-refractivity contribution is 6.30. The Labute approximate surface area is 210 Å². The lowest BCUT2D eigenvalue weighted by atomic mass is 9.79. The number of nitrogens with one attached hydrogen (secondary N) is 3. The summed E-state index contributed by atoms with van der Waals surface area (Å²) in [6, 6.07) is 16.0. The van der Waals surface area contributed by atoms with E-state index < -0.39 is 0 Å². The van der Waals surface area contributed by atoms with Gasteiger partial charge in [-0.1, -0.05) is 41.9 Å². The predicted octanol–water partition coefficient (Wildman–Crippen LogP) is 3.89. The Morgan fingerprint density at radius 3 is 2.69 bits per heavy atom. The molecule has 184 valence electrons. The van der Waals surface area contributed by atoms with Crippen LogP contribution in [0.2, 0.25) is 5.02 Å². The predicted molar refractivity (Wildman–Crippen MR) is 136 cm³/mol. The van der Waals surface area contributed by atoms with Gasteiger partial charge in [0, 0.05) is 60.1 Å². The summed E-state index contributed by atoms with van der Waals surface area (Å²) in [5, 5.41) is 8.34. The van der Waals surface area contributed by atoms with Crippen molar-refractivity contribution in [1.82, 2.24) is 20.5 Å². The number of fused-ring (bicyclic) bond motifs is 5. The number of halogens is 1. The first-order chi connectivity index (χ1) is 17.0. The number of carbonyl (C=O) groups is 2. The highest BCUT2D eigenvalue weighted by Gasteiger charge is 2.48. The van der Waals surface area contributed by atoms with E-state index in [1.54, 1.807) is 0 Å². The molecular formula is C27H31ClN4O3. The van der Waals surface area contributed by atoms with Gasteiger partial charge in [-0.2, -0.15) is 0 Å². The highest BCUT2D eigenvalue weighted by Crippen LogP contribution is 2.49. The summed E-state index contributed by atoms with van der Waals surface area (Å²) in [5.74, 6) is -0.246. The fraction of sp³-hybridized carbons (Fsp3) is 0.407. The Hall–Kier alpha value is -2.87. The third-order valence-corrected chi connectivity index (χ3v) is 7.55. The molecule has 3 N–H and O–H groups in total. The quantitative estimate of drug-likeness (QED) is 0.357. The summed E-state index contributed by atoms with van der Waals surface area (Å²) in [7, 11) is 1.47. The summed E-state index contributed by atoms with van der Waals surface area (Å²) < 4.78 is 5.31. The number of piperidine rings is 1. The van der Waals surface area contributed by atoms with Gasteiger partial charge in [0.15, 0.2) is 0 Å². The third-order valence-electron chi connectivity index (χ3n) is 7.31. The second kappa shape index (κ2) is 10.0. The van der Waals surface area contributed by atoms with E-state index in [2.05, 4.69) is 38.7 Å². The Bertz CT molecular complexity index is 1240. The Balaban J connectivity index is 1.56. The number of rotatable bonds is 6. The van der Waals surface area contributed by atoms with Crippen molar-refractivity contribution in [3.63, 3.8) is 0 Å². The van der Waals surface area contributed by atoms with Crippen LogP contribution in [0.15, 0.2) is 48.5 Å². The molecule has 1 fully saturated rings. The molecular weight excluding hydrogens is 464 g/mol. The summed E-state index contributed by atoms with van der Waals surface area (Å²) >= 11 is 6.40. The van der Waals surface area contributed by atoms with Crippen LogP contribution in [0.5, 0.6) is 0 Å². The summed E-state index contributed by atoms with van der Waals surface area (Å²) in [6.45, 7) is 2.78. The SMILES string of the molecule is COC(=O)C1Cc2c([nH]c3ccccc23)C2CC(NCCNC(C)=O)CC(c3cccc(Cl)c3)N12. The first-order valence-electron chi connectivity index (χ1n) is 12.1. The number of ether oxygens (including phenoxy) is 1. The van der Waals surface area contributed by atoms with Gasteiger partial charge in [0.1, 0.15) is 6.04 Å². The van der Waals surface area contributed by atoms with Gasteiger partial charge in [0.05, 0.1) is 13.2 Å². The van der Waals surface area contributed by atoms with Gasteiger partial charge in [-0.3, -0.25) is 14.5 Å². The zero-order valence-electron chi connectivity index (χ0n) is 20.0. The number of H-pyrrole nitrogens is 1. The smallest absolute Gasteiger partial charge is 0.323 e. The molecule has 1 amide bonds. The third kappa shape index (κ3) is 4.68. The number of hydrogen-bond donors (Lipinski definition) is 3. The largest absolute Gasteiger partial charge is 0.468 e. The average Bonchev–Trinajstić information content (AvgIpc) is 3.24. The van der Waals surface area contributed by atoms with Gasteiger partial charge in [0.2, 0.25) is 5.91 Å². The van der Waals surface area contributed by atoms with E-state index in [9.17, 15) is 9.59 Å². The fourth-order valence-corrected chi connectivity index (χ4v) is 6.06. The lowest BCUT2D eigenvalue weighted by molar-refractivity contribution is -0.152. The van der Waals surface area contributed by atoms with E-state index in [1.165, 1.54) is 25.3 Å². The van der Waals surface area contributed by atoms with Gasteiger partial charge in [-0.25, -0.2) is 0 Å². The normalized spacial score (nSPS) is 24.0. The summed E-state index contributed by atoms with van der Waals surface area (Å²) in [5.41, 5.74) is 4.54. The summed E-state index contributed by atoms with van der Waals surface area (Å²) in [6.07, 6.45) is 2.25. The van der Waals surface area contributed by atoms with E-state index in [0.29, 0.717) is 24.5 Å². The molecule has 2 aliphatic rings.